The number of carboxylic acid groups (broad SMARTS) is 1. The van der Waals surface area contributed by atoms with E-state index in [1.807, 2.05) is 6.07 Å². The summed E-state index contributed by atoms with van der Waals surface area (Å²) in [5.74, 6) is -1.19. The van der Waals surface area contributed by atoms with Crippen LogP contribution in [-0.4, -0.2) is 32.1 Å². The van der Waals surface area contributed by atoms with Crippen LogP contribution < -0.4 is 5.32 Å². The van der Waals surface area contributed by atoms with Gasteiger partial charge in [0.25, 0.3) is 0 Å². The number of carboxylic acids is 1. The van der Waals surface area contributed by atoms with Gasteiger partial charge in [0, 0.05) is 17.6 Å². The molecule has 9 heteroatoms. The number of hydrogen-bond donors (Lipinski definition) is 3. The molecule has 8 nitrogen and oxygen atoms in total. The molecule has 6 rings (SSSR count). The van der Waals surface area contributed by atoms with Crippen LogP contribution in [0.3, 0.4) is 0 Å². The minimum Gasteiger partial charge on any atom is -0.481 e. The van der Waals surface area contributed by atoms with E-state index < -0.39 is 17.7 Å². The largest absolute Gasteiger partial charge is 0.481 e. The van der Waals surface area contributed by atoms with Crippen LogP contribution in [-0.2, 0) is 4.79 Å². The van der Waals surface area contributed by atoms with E-state index in [1.165, 1.54) is 6.07 Å². The van der Waals surface area contributed by atoms with Gasteiger partial charge in [0.1, 0.15) is 17.5 Å². The van der Waals surface area contributed by atoms with E-state index in [4.69, 9.17) is 4.42 Å². The Kier molecular flexibility index (Phi) is 4.01. The van der Waals surface area contributed by atoms with Gasteiger partial charge in [-0.15, -0.1) is 0 Å². The average Bonchev–Trinajstić information content (AvgIpc) is 3.31. The van der Waals surface area contributed by atoms with Crippen LogP contribution in [0.25, 0.3) is 22.5 Å². The highest BCUT2D eigenvalue weighted by molar-refractivity contribution is 5.91. The number of carbonyl (C=O) groups is 1. The molecule has 29 heavy (non-hydrogen) atoms. The molecule has 3 aliphatic carbocycles. The van der Waals surface area contributed by atoms with Crippen molar-refractivity contribution in [3.8, 4) is 17.5 Å². The van der Waals surface area contributed by atoms with Crippen molar-refractivity contribution in [3.05, 3.63) is 30.0 Å². The van der Waals surface area contributed by atoms with Crippen LogP contribution >= 0.6 is 0 Å². The van der Waals surface area contributed by atoms with Gasteiger partial charge >= 0.3 is 5.97 Å². The number of pyridine rings is 1. The highest BCUT2D eigenvalue weighted by Gasteiger charge is 2.47. The monoisotopic (exact) mass is 395 g/mol. The van der Waals surface area contributed by atoms with Crippen molar-refractivity contribution in [3.63, 3.8) is 0 Å². The number of nitriles is 1. The topological polar surface area (TPSA) is 128 Å². The van der Waals surface area contributed by atoms with Gasteiger partial charge in [-0.05, 0) is 43.6 Å². The first-order valence-electron chi connectivity index (χ1n) is 9.58. The second kappa shape index (κ2) is 6.58. The zero-order valence-corrected chi connectivity index (χ0v) is 15.4. The van der Waals surface area contributed by atoms with Crippen LogP contribution in [0.5, 0.6) is 0 Å². The minimum absolute atomic E-state index is 0.0456. The highest BCUT2D eigenvalue weighted by atomic mass is 19.1. The molecule has 0 radical (unpaired) electrons. The summed E-state index contributed by atoms with van der Waals surface area (Å²) in [4.78, 5) is 23.0. The van der Waals surface area contributed by atoms with E-state index in [-0.39, 0.29) is 35.3 Å². The molecule has 0 aliphatic heterocycles. The summed E-state index contributed by atoms with van der Waals surface area (Å²) in [5, 5.41) is 22.9. The van der Waals surface area contributed by atoms with Crippen LogP contribution in [0, 0.1) is 34.9 Å². The standard InChI is InChI=1S/C20H18FN5O3/c21-11-5-12-13(8-24-17(12)23-7-11)18-25-14(6-22)19(29-18)26-16-10-3-1-9(2-4-10)15(16)20(27)28/h5,7-10,15-16,26H,1-4H2,(H,23,24)(H,27,28)/t9-,10+,15-,16?/m0/s1. The number of aromatic amines is 1. The molecule has 3 fully saturated rings. The molecule has 2 atom stereocenters. The normalized spacial score (nSPS) is 25.8. The fraction of sp³-hybridized carbons (Fsp3) is 0.400. The lowest BCUT2D eigenvalue weighted by atomic mass is 9.61. The summed E-state index contributed by atoms with van der Waals surface area (Å²) < 4.78 is 19.5. The highest BCUT2D eigenvalue weighted by Crippen LogP contribution is 2.46. The summed E-state index contributed by atoms with van der Waals surface area (Å²) in [6.07, 6.45) is 6.46. The third-order valence-corrected chi connectivity index (χ3v) is 6.26. The van der Waals surface area contributed by atoms with Gasteiger partial charge in [0.05, 0.1) is 17.7 Å². The Labute approximate surface area is 164 Å². The number of aromatic nitrogens is 3. The number of oxazole rings is 1. The van der Waals surface area contributed by atoms with Crippen molar-refractivity contribution in [2.75, 3.05) is 5.32 Å². The summed E-state index contributed by atoms with van der Waals surface area (Å²) >= 11 is 0. The first-order valence-corrected chi connectivity index (χ1v) is 9.58. The van der Waals surface area contributed by atoms with Crippen molar-refractivity contribution in [2.45, 2.75) is 31.7 Å². The molecule has 3 aromatic heterocycles. The van der Waals surface area contributed by atoms with Crippen LogP contribution in [0.15, 0.2) is 22.9 Å². The number of rotatable bonds is 4. The van der Waals surface area contributed by atoms with Crippen molar-refractivity contribution < 1.29 is 18.7 Å². The molecule has 0 spiro atoms. The quantitative estimate of drug-likeness (QED) is 0.616. The van der Waals surface area contributed by atoms with E-state index in [0.29, 0.717) is 16.6 Å². The minimum atomic E-state index is -0.826. The number of nitrogens with zero attached hydrogens (tertiary/aromatic N) is 3. The molecule has 0 aromatic carbocycles. The van der Waals surface area contributed by atoms with Gasteiger partial charge in [-0.25, -0.2) is 9.37 Å². The van der Waals surface area contributed by atoms with Gasteiger partial charge in [-0.2, -0.15) is 10.2 Å². The third kappa shape index (κ3) is 2.83. The molecule has 3 aromatic rings. The predicted molar refractivity (Wildman–Crippen MR) is 100 cm³/mol. The Morgan fingerprint density at radius 1 is 1.34 bits per heavy atom. The van der Waals surface area contributed by atoms with Gasteiger partial charge < -0.3 is 19.8 Å². The van der Waals surface area contributed by atoms with Gasteiger partial charge in [-0.1, -0.05) is 0 Å². The van der Waals surface area contributed by atoms with Gasteiger partial charge in [0.2, 0.25) is 17.5 Å². The number of fused-ring (bicyclic) bond motifs is 4. The molecule has 3 saturated carbocycles. The fourth-order valence-corrected chi connectivity index (χ4v) is 4.93. The average molecular weight is 395 g/mol. The maximum absolute atomic E-state index is 13.6. The SMILES string of the molecule is N#Cc1nc(-c2c[nH]c3ncc(F)cc23)oc1NC1[C@H]2CC[C@H](CC2)[C@@H]1C(=O)O. The Morgan fingerprint density at radius 2 is 2.10 bits per heavy atom. The molecule has 1 unspecified atom stereocenters. The Hall–Kier alpha value is -3.41. The van der Waals surface area contributed by atoms with Crippen molar-refractivity contribution in [2.24, 2.45) is 17.8 Å². The maximum atomic E-state index is 13.6. The second-order valence-corrected chi connectivity index (χ2v) is 7.77. The van der Waals surface area contributed by atoms with E-state index in [0.717, 1.165) is 31.9 Å². The first kappa shape index (κ1) is 17.7. The molecule has 148 valence electrons. The lowest BCUT2D eigenvalue weighted by molar-refractivity contribution is -0.148. The smallest absolute Gasteiger partial charge is 0.308 e. The van der Waals surface area contributed by atoms with Crippen molar-refractivity contribution >= 4 is 22.9 Å². The summed E-state index contributed by atoms with van der Waals surface area (Å²) in [6, 6.07) is 3.01. The van der Waals surface area contributed by atoms with E-state index in [2.05, 4.69) is 20.3 Å². The Bertz CT molecular complexity index is 1140. The molecule has 0 saturated heterocycles. The number of nitrogens with one attached hydrogen (secondary N) is 2. The Balaban J connectivity index is 1.52. The second-order valence-electron chi connectivity index (χ2n) is 7.77. The summed E-state index contributed by atoms with van der Waals surface area (Å²) in [5.41, 5.74) is 1.00. The molecular formula is C20H18FN5O3. The number of hydrogen-bond acceptors (Lipinski definition) is 6. The van der Waals surface area contributed by atoms with Gasteiger partial charge in [-0.3, -0.25) is 4.79 Å². The number of anilines is 1. The van der Waals surface area contributed by atoms with E-state index >= 15 is 0 Å². The number of aliphatic carboxylic acids is 1. The molecule has 2 bridgehead atoms. The summed E-state index contributed by atoms with van der Waals surface area (Å²) in [6.45, 7) is 0. The van der Waals surface area contributed by atoms with Crippen LogP contribution in [0.4, 0.5) is 10.3 Å². The van der Waals surface area contributed by atoms with Gasteiger partial charge in [0.15, 0.2) is 0 Å². The Morgan fingerprint density at radius 3 is 2.83 bits per heavy atom. The van der Waals surface area contributed by atoms with Crippen LogP contribution in [0.1, 0.15) is 31.4 Å². The number of H-pyrrole nitrogens is 1. The summed E-state index contributed by atoms with van der Waals surface area (Å²) in [7, 11) is 0. The predicted octanol–water partition coefficient (Wildman–Crippen LogP) is 3.53. The van der Waals surface area contributed by atoms with Crippen molar-refractivity contribution in [1.29, 1.82) is 5.26 Å². The molecule has 3 heterocycles. The lowest BCUT2D eigenvalue weighted by Crippen LogP contribution is -2.51. The fourth-order valence-electron chi connectivity index (χ4n) is 4.93. The molecule has 0 amide bonds. The zero-order valence-electron chi connectivity index (χ0n) is 15.4. The zero-order chi connectivity index (χ0) is 20.1. The van der Waals surface area contributed by atoms with Crippen LogP contribution in [0.2, 0.25) is 0 Å². The molecule has 3 aliphatic rings. The maximum Gasteiger partial charge on any atom is 0.308 e. The first-order chi connectivity index (χ1) is 14.0. The lowest BCUT2D eigenvalue weighted by Gasteiger charge is -2.46. The van der Waals surface area contributed by atoms with E-state index in [1.54, 1.807) is 6.20 Å². The number of halogens is 1. The third-order valence-electron chi connectivity index (χ3n) is 6.26. The molecular weight excluding hydrogens is 377 g/mol. The molecule has 3 N–H and O–H groups in total. The van der Waals surface area contributed by atoms with E-state index in [9.17, 15) is 19.6 Å². The van der Waals surface area contributed by atoms with Crippen molar-refractivity contribution in [1.82, 2.24) is 15.0 Å².